The first kappa shape index (κ1) is 18.9. The number of fused-ring (bicyclic) bond motifs is 1. The highest BCUT2D eigenvalue weighted by Crippen LogP contribution is 2.16. The Bertz CT molecular complexity index is 1030. The highest BCUT2D eigenvalue weighted by molar-refractivity contribution is 5.99. The van der Waals surface area contributed by atoms with E-state index in [0.717, 1.165) is 10.8 Å². The van der Waals surface area contributed by atoms with E-state index < -0.39 is 11.8 Å². The van der Waals surface area contributed by atoms with Crippen molar-refractivity contribution in [2.45, 2.75) is 6.42 Å². The van der Waals surface area contributed by atoms with Crippen LogP contribution in [0.25, 0.3) is 10.8 Å². The molecular formula is C21H19N3O4. The summed E-state index contributed by atoms with van der Waals surface area (Å²) in [4.78, 5) is 35.9. The fourth-order valence-corrected chi connectivity index (χ4v) is 2.64. The summed E-state index contributed by atoms with van der Waals surface area (Å²) in [6.07, 6.45) is -0.0135. The molecule has 0 bridgehead atoms. The molecule has 0 saturated carbocycles. The van der Waals surface area contributed by atoms with Gasteiger partial charge < -0.3 is 10.4 Å². The normalized spacial score (nSPS) is 10.3. The van der Waals surface area contributed by atoms with Crippen molar-refractivity contribution >= 4 is 28.5 Å². The van der Waals surface area contributed by atoms with Gasteiger partial charge in [0.15, 0.2) is 0 Å². The second kappa shape index (κ2) is 8.68. The van der Waals surface area contributed by atoms with Crippen LogP contribution in [0.5, 0.6) is 5.75 Å². The van der Waals surface area contributed by atoms with Gasteiger partial charge in [0.05, 0.1) is 5.56 Å². The van der Waals surface area contributed by atoms with Crippen molar-refractivity contribution < 1.29 is 19.5 Å². The van der Waals surface area contributed by atoms with Crippen LogP contribution < -0.4 is 16.2 Å². The van der Waals surface area contributed by atoms with Crippen LogP contribution in [0.4, 0.5) is 0 Å². The highest BCUT2D eigenvalue weighted by atomic mass is 16.3. The summed E-state index contributed by atoms with van der Waals surface area (Å²) in [5, 5.41) is 14.3. The number of carbonyl (C=O) groups is 3. The maximum absolute atomic E-state index is 12.2. The van der Waals surface area contributed by atoms with Crippen molar-refractivity contribution in [2.75, 3.05) is 6.54 Å². The molecule has 7 nitrogen and oxygen atoms in total. The largest absolute Gasteiger partial charge is 0.507 e. The smallest absolute Gasteiger partial charge is 0.273 e. The predicted octanol–water partition coefficient (Wildman–Crippen LogP) is 2.13. The van der Waals surface area contributed by atoms with Gasteiger partial charge in [-0.3, -0.25) is 25.2 Å². The molecule has 4 N–H and O–H groups in total. The number of amides is 3. The van der Waals surface area contributed by atoms with Gasteiger partial charge in [-0.05, 0) is 35.0 Å². The molecule has 0 fully saturated rings. The molecule has 3 aromatic rings. The molecular weight excluding hydrogens is 358 g/mol. The number of rotatable bonds is 5. The van der Waals surface area contributed by atoms with Crippen LogP contribution in [0.1, 0.15) is 27.1 Å². The molecule has 0 unspecified atom stereocenters. The fourth-order valence-electron chi connectivity index (χ4n) is 2.64. The second-order valence-corrected chi connectivity index (χ2v) is 6.09. The third-order valence-corrected chi connectivity index (χ3v) is 4.11. The van der Waals surface area contributed by atoms with E-state index >= 15 is 0 Å². The number of benzene rings is 3. The van der Waals surface area contributed by atoms with Gasteiger partial charge in [0.2, 0.25) is 5.91 Å². The van der Waals surface area contributed by atoms with Crippen LogP contribution in [-0.2, 0) is 4.79 Å². The molecule has 3 aromatic carbocycles. The van der Waals surface area contributed by atoms with Crippen LogP contribution in [0, 0.1) is 0 Å². The van der Waals surface area contributed by atoms with Crippen LogP contribution in [0.3, 0.4) is 0 Å². The van der Waals surface area contributed by atoms with Crippen molar-refractivity contribution in [1.29, 1.82) is 0 Å². The van der Waals surface area contributed by atoms with Crippen LogP contribution in [0.15, 0.2) is 66.7 Å². The summed E-state index contributed by atoms with van der Waals surface area (Å²) in [5.41, 5.74) is 5.02. The molecule has 0 saturated heterocycles. The van der Waals surface area contributed by atoms with E-state index in [1.807, 2.05) is 30.3 Å². The Morgan fingerprint density at radius 2 is 1.50 bits per heavy atom. The summed E-state index contributed by atoms with van der Waals surface area (Å²) in [6.45, 7) is 0.115. The number of aromatic hydroxyl groups is 1. The van der Waals surface area contributed by atoms with Crippen molar-refractivity contribution in [3.8, 4) is 5.75 Å². The zero-order valence-electron chi connectivity index (χ0n) is 14.9. The van der Waals surface area contributed by atoms with Gasteiger partial charge in [-0.2, -0.15) is 0 Å². The van der Waals surface area contributed by atoms with E-state index in [4.69, 9.17) is 0 Å². The topological polar surface area (TPSA) is 108 Å². The van der Waals surface area contributed by atoms with E-state index in [-0.39, 0.29) is 30.2 Å². The van der Waals surface area contributed by atoms with E-state index in [2.05, 4.69) is 16.2 Å². The number of para-hydroxylation sites is 1. The number of phenolic OH excluding ortho intramolecular Hbond substituents is 1. The predicted molar refractivity (Wildman–Crippen MR) is 105 cm³/mol. The Labute approximate surface area is 161 Å². The average Bonchev–Trinajstić information content (AvgIpc) is 2.72. The number of nitrogens with one attached hydrogen (secondary N) is 3. The fraction of sp³-hybridized carbons (Fsp3) is 0.0952. The van der Waals surface area contributed by atoms with E-state index in [9.17, 15) is 19.5 Å². The quantitative estimate of drug-likeness (QED) is 0.511. The number of hydrogen-bond donors (Lipinski definition) is 4. The first-order valence-corrected chi connectivity index (χ1v) is 8.69. The number of phenols is 1. The molecule has 0 heterocycles. The maximum Gasteiger partial charge on any atom is 0.273 e. The SMILES string of the molecule is O=C(CCNC(=O)c1ccc2ccccc2c1)NNC(=O)c1ccccc1O. The standard InChI is InChI=1S/C21H19N3O4/c25-18-8-4-3-7-17(18)21(28)24-23-19(26)11-12-22-20(27)16-10-9-14-5-1-2-6-15(14)13-16/h1-10,13,25H,11-12H2,(H,22,27)(H,23,26)(H,24,28). The minimum Gasteiger partial charge on any atom is -0.507 e. The van der Waals surface area contributed by atoms with Gasteiger partial charge in [0, 0.05) is 18.5 Å². The second-order valence-electron chi connectivity index (χ2n) is 6.09. The summed E-state index contributed by atoms with van der Waals surface area (Å²) < 4.78 is 0. The van der Waals surface area contributed by atoms with Crippen molar-refractivity contribution in [3.63, 3.8) is 0 Å². The van der Waals surface area contributed by atoms with Gasteiger partial charge >= 0.3 is 0 Å². The molecule has 3 amide bonds. The molecule has 3 rings (SSSR count). The molecule has 7 heteroatoms. The van der Waals surface area contributed by atoms with Gasteiger partial charge in [-0.1, -0.05) is 42.5 Å². The third-order valence-electron chi connectivity index (χ3n) is 4.11. The molecule has 0 aliphatic carbocycles. The zero-order valence-corrected chi connectivity index (χ0v) is 14.9. The van der Waals surface area contributed by atoms with E-state index in [0.29, 0.717) is 5.56 Å². The third kappa shape index (κ3) is 4.64. The monoisotopic (exact) mass is 377 g/mol. The molecule has 28 heavy (non-hydrogen) atoms. The average molecular weight is 377 g/mol. The summed E-state index contributed by atoms with van der Waals surface area (Å²) in [7, 11) is 0. The van der Waals surface area contributed by atoms with Gasteiger partial charge in [-0.15, -0.1) is 0 Å². The Kier molecular flexibility index (Phi) is 5.86. The maximum atomic E-state index is 12.2. The van der Waals surface area contributed by atoms with Crippen LogP contribution in [0.2, 0.25) is 0 Å². The van der Waals surface area contributed by atoms with Crippen molar-refractivity contribution in [2.24, 2.45) is 0 Å². The van der Waals surface area contributed by atoms with Gasteiger partial charge in [0.25, 0.3) is 11.8 Å². The molecule has 142 valence electrons. The summed E-state index contributed by atoms with van der Waals surface area (Å²) >= 11 is 0. The van der Waals surface area contributed by atoms with Crippen molar-refractivity contribution in [1.82, 2.24) is 16.2 Å². The lowest BCUT2D eigenvalue weighted by Gasteiger charge is -2.09. The molecule has 0 aromatic heterocycles. The lowest BCUT2D eigenvalue weighted by molar-refractivity contribution is -0.121. The van der Waals surface area contributed by atoms with Crippen LogP contribution in [-0.4, -0.2) is 29.4 Å². The van der Waals surface area contributed by atoms with Gasteiger partial charge in [-0.25, -0.2) is 0 Å². The Balaban J connectivity index is 1.45. The Morgan fingerprint density at radius 1 is 0.786 bits per heavy atom. The lowest BCUT2D eigenvalue weighted by atomic mass is 10.1. The Hall–Kier alpha value is -3.87. The Morgan fingerprint density at radius 3 is 2.29 bits per heavy atom. The minimum atomic E-state index is -0.633. The molecule has 0 atom stereocenters. The van der Waals surface area contributed by atoms with Gasteiger partial charge in [0.1, 0.15) is 5.75 Å². The first-order chi connectivity index (χ1) is 13.5. The molecule has 0 aliphatic rings. The van der Waals surface area contributed by atoms with E-state index in [1.54, 1.807) is 24.3 Å². The summed E-state index contributed by atoms with van der Waals surface area (Å²) in [5.74, 6) is -1.57. The summed E-state index contributed by atoms with van der Waals surface area (Å²) in [6, 6.07) is 19.1. The number of carbonyl (C=O) groups excluding carboxylic acids is 3. The van der Waals surface area contributed by atoms with Crippen LogP contribution >= 0.6 is 0 Å². The first-order valence-electron chi connectivity index (χ1n) is 8.69. The zero-order chi connectivity index (χ0) is 19.9. The molecule has 0 spiro atoms. The molecule has 0 radical (unpaired) electrons. The van der Waals surface area contributed by atoms with Crippen molar-refractivity contribution in [3.05, 3.63) is 77.9 Å². The minimum absolute atomic E-state index is 0.0135. The lowest BCUT2D eigenvalue weighted by Crippen LogP contribution is -2.42. The number of hydrogen-bond acceptors (Lipinski definition) is 4. The molecule has 0 aliphatic heterocycles. The number of hydrazine groups is 1. The van der Waals surface area contributed by atoms with E-state index in [1.165, 1.54) is 12.1 Å². The highest BCUT2D eigenvalue weighted by Gasteiger charge is 2.11.